The molecule has 1 unspecified atom stereocenters. The third-order valence-corrected chi connectivity index (χ3v) is 4.07. The topological polar surface area (TPSA) is 58.6 Å². The van der Waals surface area contributed by atoms with Gasteiger partial charge in [-0.2, -0.15) is 0 Å². The van der Waals surface area contributed by atoms with Crippen molar-refractivity contribution >= 4 is 16.7 Å². The highest BCUT2D eigenvalue weighted by molar-refractivity contribution is 5.91. The lowest BCUT2D eigenvalue weighted by molar-refractivity contribution is -0.140. The number of fused-ring (bicyclic) bond motifs is 1. The zero-order valence-corrected chi connectivity index (χ0v) is 12.0. The largest absolute Gasteiger partial charge is 0.496 e. The standard InChI is InChI=1S/C17H19NO3/c1-21-15-9-8-12(13-4-2-3-5-14(13)15)10-18-16(17(19)20)11-6-7-11/h2-5,8-9,11,16,18H,6-7,10H2,1H3,(H,19,20). The van der Waals surface area contributed by atoms with Crippen LogP contribution >= 0.6 is 0 Å². The van der Waals surface area contributed by atoms with Crippen molar-refractivity contribution in [1.82, 2.24) is 5.32 Å². The summed E-state index contributed by atoms with van der Waals surface area (Å²) in [7, 11) is 1.66. The van der Waals surface area contributed by atoms with Crippen LogP contribution in [0.1, 0.15) is 18.4 Å². The number of methoxy groups -OCH3 is 1. The first kappa shape index (κ1) is 13.9. The Labute approximate surface area is 123 Å². The summed E-state index contributed by atoms with van der Waals surface area (Å²) in [6.45, 7) is 0.554. The summed E-state index contributed by atoms with van der Waals surface area (Å²) in [5.41, 5.74) is 1.10. The van der Waals surface area contributed by atoms with E-state index in [-0.39, 0.29) is 5.92 Å². The van der Waals surface area contributed by atoms with E-state index in [9.17, 15) is 9.90 Å². The molecule has 1 aliphatic carbocycles. The van der Waals surface area contributed by atoms with Crippen LogP contribution in [0.15, 0.2) is 36.4 Å². The van der Waals surface area contributed by atoms with E-state index < -0.39 is 12.0 Å². The van der Waals surface area contributed by atoms with Crippen LogP contribution in [0.4, 0.5) is 0 Å². The smallest absolute Gasteiger partial charge is 0.320 e. The molecule has 21 heavy (non-hydrogen) atoms. The minimum absolute atomic E-state index is 0.284. The van der Waals surface area contributed by atoms with Crippen molar-refractivity contribution in [3.8, 4) is 5.75 Å². The third-order valence-electron chi connectivity index (χ3n) is 4.07. The number of rotatable bonds is 6. The Hall–Kier alpha value is -2.07. The molecule has 0 aromatic heterocycles. The van der Waals surface area contributed by atoms with E-state index in [2.05, 4.69) is 5.32 Å². The van der Waals surface area contributed by atoms with Gasteiger partial charge in [0, 0.05) is 11.9 Å². The Kier molecular flexibility index (Phi) is 3.80. The minimum atomic E-state index is -0.754. The van der Waals surface area contributed by atoms with E-state index in [0.29, 0.717) is 6.54 Å². The third kappa shape index (κ3) is 2.85. The Morgan fingerprint density at radius 1 is 1.29 bits per heavy atom. The molecule has 4 nitrogen and oxygen atoms in total. The molecule has 0 bridgehead atoms. The lowest BCUT2D eigenvalue weighted by atomic mass is 10.0. The van der Waals surface area contributed by atoms with Crippen molar-refractivity contribution in [2.24, 2.45) is 5.92 Å². The van der Waals surface area contributed by atoms with Gasteiger partial charge in [-0.3, -0.25) is 4.79 Å². The number of ether oxygens (including phenoxy) is 1. The minimum Gasteiger partial charge on any atom is -0.496 e. The van der Waals surface area contributed by atoms with Gasteiger partial charge in [-0.05, 0) is 35.8 Å². The maximum atomic E-state index is 11.3. The maximum Gasteiger partial charge on any atom is 0.320 e. The number of nitrogens with one attached hydrogen (secondary N) is 1. The molecule has 0 spiro atoms. The lowest BCUT2D eigenvalue weighted by Gasteiger charge is -2.15. The first-order chi connectivity index (χ1) is 10.2. The summed E-state index contributed by atoms with van der Waals surface area (Å²) in [5, 5.41) is 14.6. The SMILES string of the molecule is COc1ccc(CNC(C(=O)O)C2CC2)c2ccccc12. The van der Waals surface area contributed by atoms with Crippen LogP contribution in [-0.4, -0.2) is 24.2 Å². The van der Waals surface area contributed by atoms with Gasteiger partial charge in [-0.15, -0.1) is 0 Å². The number of benzene rings is 2. The van der Waals surface area contributed by atoms with Crippen LogP contribution in [0.2, 0.25) is 0 Å². The first-order valence-corrected chi connectivity index (χ1v) is 7.21. The van der Waals surface area contributed by atoms with Gasteiger partial charge < -0.3 is 15.2 Å². The molecular weight excluding hydrogens is 266 g/mol. The molecule has 1 atom stereocenters. The highest BCUT2D eigenvalue weighted by atomic mass is 16.5. The van der Waals surface area contributed by atoms with E-state index >= 15 is 0 Å². The summed E-state index contributed by atoms with van der Waals surface area (Å²) < 4.78 is 5.38. The Bertz CT molecular complexity index is 664. The summed E-state index contributed by atoms with van der Waals surface area (Å²) in [5.74, 6) is 0.369. The predicted molar refractivity (Wildman–Crippen MR) is 81.5 cm³/mol. The molecule has 1 aliphatic rings. The van der Waals surface area contributed by atoms with Gasteiger partial charge in [0.1, 0.15) is 11.8 Å². The zero-order valence-electron chi connectivity index (χ0n) is 12.0. The molecule has 2 N–H and O–H groups in total. The highest BCUT2D eigenvalue weighted by Crippen LogP contribution is 2.33. The van der Waals surface area contributed by atoms with Crippen molar-refractivity contribution in [3.63, 3.8) is 0 Å². The average molecular weight is 285 g/mol. The van der Waals surface area contributed by atoms with Crippen LogP contribution in [0, 0.1) is 5.92 Å². The van der Waals surface area contributed by atoms with Crippen molar-refractivity contribution in [1.29, 1.82) is 0 Å². The summed E-state index contributed by atoms with van der Waals surface area (Å²) in [4.78, 5) is 11.3. The molecule has 4 heteroatoms. The van der Waals surface area contributed by atoms with Crippen molar-refractivity contribution in [3.05, 3.63) is 42.0 Å². The van der Waals surface area contributed by atoms with Gasteiger partial charge in [-0.1, -0.05) is 30.3 Å². The summed E-state index contributed by atoms with van der Waals surface area (Å²) in [6.07, 6.45) is 2.01. The number of hydrogen-bond donors (Lipinski definition) is 2. The van der Waals surface area contributed by atoms with Gasteiger partial charge in [-0.25, -0.2) is 0 Å². The fourth-order valence-electron chi connectivity index (χ4n) is 2.77. The summed E-state index contributed by atoms with van der Waals surface area (Å²) >= 11 is 0. The second-order valence-corrected chi connectivity index (χ2v) is 5.51. The quantitative estimate of drug-likeness (QED) is 0.857. The number of aliphatic carboxylic acids is 1. The Balaban J connectivity index is 1.85. The molecular formula is C17H19NO3. The average Bonchev–Trinajstić information content (AvgIpc) is 3.32. The summed E-state index contributed by atoms with van der Waals surface area (Å²) in [6, 6.07) is 11.5. The molecule has 3 rings (SSSR count). The fourth-order valence-corrected chi connectivity index (χ4v) is 2.77. The second kappa shape index (κ2) is 5.74. The monoisotopic (exact) mass is 285 g/mol. The van der Waals surface area contributed by atoms with E-state index in [0.717, 1.165) is 34.9 Å². The number of carboxylic acids is 1. The van der Waals surface area contributed by atoms with Crippen LogP contribution < -0.4 is 10.1 Å². The predicted octanol–water partition coefficient (Wildman–Crippen LogP) is 2.80. The molecule has 110 valence electrons. The maximum absolute atomic E-state index is 11.3. The Morgan fingerprint density at radius 3 is 2.62 bits per heavy atom. The van der Waals surface area contributed by atoms with Gasteiger partial charge in [0.2, 0.25) is 0 Å². The van der Waals surface area contributed by atoms with Crippen molar-refractivity contribution in [2.75, 3.05) is 7.11 Å². The van der Waals surface area contributed by atoms with Gasteiger partial charge >= 0.3 is 5.97 Å². The first-order valence-electron chi connectivity index (χ1n) is 7.21. The van der Waals surface area contributed by atoms with Gasteiger partial charge in [0.05, 0.1) is 7.11 Å². The van der Waals surface area contributed by atoms with Crippen LogP contribution in [0.3, 0.4) is 0 Å². The Morgan fingerprint density at radius 2 is 2.00 bits per heavy atom. The normalized spacial score (nSPS) is 15.9. The van der Waals surface area contributed by atoms with E-state index in [1.54, 1.807) is 7.11 Å². The number of carboxylic acid groups (broad SMARTS) is 1. The van der Waals surface area contributed by atoms with E-state index in [1.165, 1.54) is 0 Å². The van der Waals surface area contributed by atoms with Crippen molar-refractivity contribution in [2.45, 2.75) is 25.4 Å². The van der Waals surface area contributed by atoms with Crippen molar-refractivity contribution < 1.29 is 14.6 Å². The van der Waals surface area contributed by atoms with Crippen LogP contribution in [0.5, 0.6) is 5.75 Å². The van der Waals surface area contributed by atoms with E-state index in [1.807, 2.05) is 36.4 Å². The van der Waals surface area contributed by atoms with Crippen LogP contribution in [0.25, 0.3) is 10.8 Å². The molecule has 2 aromatic carbocycles. The molecule has 0 amide bonds. The molecule has 0 radical (unpaired) electrons. The highest BCUT2D eigenvalue weighted by Gasteiger charge is 2.35. The molecule has 2 aromatic rings. The van der Waals surface area contributed by atoms with E-state index in [4.69, 9.17) is 4.74 Å². The fraction of sp³-hybridized carbons (Fsp3) is 0.353. The number of carbonyl (C=O) groups is 1. The number of hydrogen-bond acceptors (Lipinski definition) is 3. The molecule has 1 fully saturated rings. The zero-order chi connectivity index (χ0) is 14.8. The van der Waals surface area contributed by atoms with Gasteiger partial charge in [0.25, 0.3) is 0 Å². The van der Waals surface area contributed by atoms with Gasteiger partial charge in [0.15, 0.2) is 0 Å². The molecule has 0 saturated heterocycles. The molecule has 1 saturated carbocycles. The second-order valence-electron chi connectivity index (χ2n) is 5.51. The molecule has 0 aliphatic heterocycles. The molecule has 0 heterocycles. The van der Waals surface area contributed by atoms with Crippen LogP contribution in [-0.2, 0) is 11.3 Å². The lowest BCUT2D eigenvalue weighted by Crippen LogP contribution is -2.38.